The Morgan fingerprint density at radius 2 is 1.79 bits per heavy atom. The summed E-state index contributed by atoms with van der Waals surface area (Å²) < 4.78 is 5.54. The molecule has 5 nitrogen and oxygen atoms in total. The topological polar surface area (TPSA) is 59.2 Å². The second kappa shape index (κ2) is 8.21. The Kier molecular flexibility index (Phi) is 5.33. The number of carbonyl (C=O) groups is 1. The van der Waals surface area contributed by atoms with Crippen molar-refractivity contribution in [2.75, 3.05) is 13.1 Å². The van der Waals surface area contributed by atoms with Gasteiger partial charge in [-0.15, -0.1) is 0 Å². The average Bonchev–Trinajstić information content (AvgIpc) is 3.23. The standard InChI is InChI=1S/C23H23N3O2/c1-17-7-5-6-10-20(17)22-24-23(28-25-22)19-13-15-26(16-14-19)21(27)12-11-18-8-3-2-4-9-18/h2-12,19H,13-16H2,1H3. The average molecular weight is 373 g/mol. The molecule has 0 bridgehead atoms. The Morgan fingerprint density at radius 1 is 1.07 bits per heavy atom. The molecule has 0 N–H and O–H groups in total. The van der Waals surface area contributed by atoms with E-state index in [2.05, 4.69) is 10.1 Å². The van der Waals surface area contributed by atoms with Crippen LogP contribution in [0.25, 0.3) is 17.5 Å². The largest absolute Gasteiger partial charge is 0.339 e. The fourth-order valence-corrected chi connectivity index (χ4v) is 3.52. The molecule has 2 aromatic carbocycles. The molecule has 1 saturated heterocycles. The smallest absolute Gasteiger partial charge is 0.246 e. The lowest BCUT2D eigenvalue weighted by molar-refractivity contribution is -0.127. The first-order chi connectivity index (χ1) is 13.7. The summed E-state index contributed by atoms with van der Waals surface area (Å²) >= 11 is 0. The zero-order valence-electron chi connectivity index (χ0n) is 15.9. The number of piperidine rings is 1. The van der Waals surface area contributed by atoms with Crippen LogP contribution in [0.2, 0.25) is 0 Å². The molecular weight excluding hydrogens is 350 g/mol. The number of likely N-dealkylation sites (tertiary alicyclic amines) is 1. The maximum atomic E-state index is 12.4. The maximum absolute atomic E-state index is 12.4. The molecule has 1 fully saturated rings. The first-order valence-corrected chi connectivity index (χ1v) is 9.62. The van der Waals surface area contributed by atoms with Gasteiger partial charge >= 0.3 is 0 Å². The Balaban J connectivity index is 1.36. The molecule has 0 radical (unpaired) electrons. The van der Waals surface area contributed by atoms with Crippen LogP contribution in [0.15, 0.2) is 65.2 Å². The lowest BCUT2D eigenvalue weighted by Gasteiger charge is -2.29. The minimum absolute atomic E-state index is 0.0495. The van der Waals surface area contributed by atoms with Crippen LogP contribution in [0.5, 0.6) is 0 Å². The van der Waals surface area contributed by atoms with Crippen molar-refractivity contribution in [1.29, 1.82) is 0 Å². The summed E-state index contributed by atoms with van der Waals surface area (Å²) in [7, 11) is 0. The van der Waals surface area contributed by atoms with Gasteiger partial charge in [0.1, 0.15) is 0 Å². The lowest BCUT2D eigenvalue weighted by Crippen LogP contribution is -2.36. The molecule has 1 aliphatic rings. The van der Waals surface area contributed by atoms with Crippen LogP contribution in [-0.2, 0) is 4.79 Å². The number of rotatable bonds is 4. The monoisotopic (exact) mass is 373 g/mol. The number of benzene rings is 2. The highest BCUT2D eigenvalue weighted by molar-refractivity contribution is 5.91. The number of aromatic nitrogens is 2. The minimum atomic E-state index is 0.0495. The molecule has 0 atom stereocenters. The SMILES string of the molecule is Cc1ccccc1-c1noc(C2CCN(C(=O)C=Cc3ccccc3)CC2)n1. The van der Waals surface area contributed by atoms with Gasteiger partial charge in [0.2, 0.25) is 17.6 Å². The summed E-state index contributed by atoms with van der Waals surface area (Å²) in [5.41, 5.74) is 3.15. The van der Waals surface area contributed by atoms with Crippen molar-refractivity contribution in [1.82, 2.24) is 15.0 Å². The third-order valence-corrected chi connectivity index (χ3v) is 5.20. The molecule has 0 saturated carbocycles. The molecule has 0 spiro atoms. The highest BCUT2D eigenvalue weighted by atomic mass is 16.5. The van der Waals surface area contributed by atoms with E-state index in [-0.39, 0.29) is 11.8 Å². The van der Waals surface area contributed by atoms with Gasteiger partial charge in [0.25, 0.3) is 0 Å². The minimum Gasteiger partial charge on any atom is -0.339 e. The van der Waals surface area contributed by atoms with Crippen molar-refractivity contribution >= 4 is 12.0 Å². The fraction of sp³-hybridized carbons (Fsp3) is 0.261. The molecule has 0 unspecified atom stereocenters. The Bertz CT molecular complexity index is 970. The van der Waals surface area contributed by atoms with Crippen molar-refractivity contribution in [2.24, 2.45) is 0 Å². The van der Waals surface area contributed by atoms with Crippen molar-refractivity contribution < 1.29 is 9.32 Å². The number of amides is 1. The molecule has 3 aromatic rings. The Morgan fingerprint density at radius 3 is 2.54 bits per heavy atom. The van der Waals surface area contributed by atoms with E-state index < -0.39 is 0 Å². The van der Waals surface area contributed by atoms with Gasteiger partial charge in [-0.05, 0) is 37.0 Å². The predicted molar refractivity (Wildman–Crippen MR) is 109 cm³/mol. The molecule has 28 heavy (non-hydrogen) atoms. The lowest BCUT2D eigenvalue weighted by atomic mass is 9.96. The van der Waals surface area contributed by atoms with Crippen LogP contribution in [0.1, 0.15) is 35.8 Å². The normalized spacial score (nSPS) is 15.2. The molecule has 1 aromatic heterocycles. The molecule has 142 valence electrons. The molecule has 2 heterocycles. The fourth-order valence-electron chi connectivity index (χ4n) is 3.52. The summed E-state index contributed by atoms with van der Waals surface area (Å²) in [6.07, 6.45) is 5.18. The van der Waals surface area contributed by atoms with E-state index in [0.717, 1.165) is 29.5 Å². The molecular formula is C23H23N3O2. The molecule has 0 aliphatic carbocycles. The van der Waals surface area contributed by atoms with Crippen LogP contribution in [0.4, 0.5) is 0 Å². The summed E-state index contributed by atoms with van der Waals surface area (Å²) in [5.74, 6) is 1.56. The molecule has 5 heteroatoms. The van der Waals surface area contributed by atoms with E-state index >= 15 is 0 Å². The van der Waals surface area contributed by atoms with Gasteiger partial charge in [-0.1, -0.05) is 59.8 Å². The van der Waals surface area contributed by atoms with Gasteiger partial charge in [-0.25, -0.2) is 0 Å². The number of nitrogens with zero attached hydrogens (tertiary/aromatic N) is 3. The zero-order chi connectivity index (χ0) is 19.3. The maximum Gasteiger partial charge on any atom is 0.246 e. The van der Waals surface area contributed by atoms with E-state index in [1.54, 1.807) is 6.08 Å². The van der Waals surface area contributed by atoms with Gasteiger partial charge in [0, 0.05) is 30.6 Å². The van der Waals surface area contributed by atoms with E-state index in [4.69, 9.17) is 4.52 Å². The van der Waals surface area contributed by atoms with Gasteiger partial charge in [0.15, 0.2) is 0 Å². The Hall–Kier alpha value is -3.21. The van der Waals surface area contributed by atoms with Crippen LogP contribution >= 0.6 is 0 Å². The van der Waals surface area contributed by atoms with Crippen LogP contribution in [0.3, 0.4) is 0 Å². The summed E-state index contributed by atoms with van der Waals surface area (Å²) in [6, 6.07) is 17.9. The van der Waals surface area contributed by atoms with Crippen molar-refractivity contribution in [3.05, 3.63) is 77.7 Å². The summed E-state index contributed by atoms with van der Waals surface area (Å²) in [5, 5.41) is 4.16. The van der Waals surface area contributed by atoms with E-state index in [1.807, 2.05) is 72.5 Å². The zero-order valence-corrected chi connectivity index (χ0v) is 15.9. The van der Waals surface area contributed by atoms with Crippen LogP contribution < -0.4 is 0 Å². The molecule has 1 aliphatic heterocycles. The van der Waals surface area contributed by atoms with Gasteiger partial charge in [-0.2, -0.15) is 4.98 Å². The van der Waals surface area contributed by atoms with Crippen LogP contribution in [-0.4, -0.2) is 34.0 Å². The number of carbonyl (C=O) groups excluding carboxylic acids is 1. The number of aryl methyl sites for hydroxylation is 1. The van der Waals surface area contributed by atoms with Crippen molar-refractivity contribution in [3.8, 4) is 11.4 Å². The number of hydrogen-bond donors (Lipinski definition) is 0. The highest BCUT2D eigenvalue weighted by Gasteiger charge is 2.27. The van der Waals surface area contributed by atoms with Gasteiger partial charge in [-0.3, -0.25) is 4.79 Å². The highest BCUT2D eigenvalue weighted by Crippen LogP contribution is 2.29. The summed E-state index contributed by atoms with van der Waals surface area (Å²) in [6.45, 7) is 3.44. The van der Waals surface area contributed by atoms with E-state index in [9.17, 15) is 4.79 Å². The summed E-state index contributed by atoms with van der Waals surface area (Å²) in [4.78, 5) is 18.9. The predicted octanol–water partition coefficient (Wildman–Crippen LogP) is 4.46. The second-order valence-corrected chi connectivity index (χ2v) is 7.11. The van der Waals surface area contributed by atoms with Gasteiger partial charge < -0.3 is 9.42 Å². The van der Waals surface area contributed by atoms with E-state index in [1.165, 1.54) is 0 Å². The van der Waals surface area contributed by atoms with Crippen LogP contribution in [0, 0.1) is 6.92 Å². The molecule has 1 amide bonds. The van der Waals surface area contributed by atoms with Crippen molar-refractivity contribution in [2.45, 2.75) is 25.7 Å². The third kappa shape index (κ3) is 4.03. The quantitative estimate of drug-likeness (QED) is 0.633. The first kappa shape index (κ1) is 18.2. The number of hydrogen-bond acceptors (Lipinski definition) is 4. The molecule has 4 rings (SSSR count). The van der Waals surface area contributed by atoms with E-state index in [0.29, 0.717) is 24.8 Å². The first-order valence-electron chi connectivity index (χ1n) is 9.62. The second-order valence-electron chi connectivity index (χ2n) is 7.11. The Labute approximate surface area is 164 Å². The third-order valence-electron chi connectivity index (χ3n) is 5.20. The van der Waals surface area contributed by atoms with Crippen molar-refractivity contribution in [3.63, 3.8) is 0 Å². The van der Waals surface area contributed by atoms with Gasteiger partial charge in [0.05, 0.1) is 0 Å².